The van der Waals surface area contributed by atoms with Crippen LogP contribution in [0.3, 0.4) is 0 Å². The van der Waals surface area contributed by atoms with Gasteiger partial charge in [0, 0.05) is 44.3 Å². The molecule has 1 fully saturated rings. The Labute approximate surface area is 141 Å². The summed E-state index contributed by atoms with van der Waals surface area (Å²) < 4.78 is 1.72. The predicted molar refractivity (Wildman–Crippen MR) is 89.2 cm³/mol. The first-order valence-corrected chi connectivity index (χ1v) is 6.73. The zero-order valence-corrected chi connectivity index (χ0v) is 13.8. The van der Waals surface area contributed by atoms with E-state index in [0.29, 0.717) is 12.2 Å². The second-order valence-electron chi connectivity index (χ2n) is 4.90. The lowest BCUT2D eigenvalue weighted by molar-refractivity contribution is 0.0649. The first-order valence-electron chi connectivity index (χ1n) is 6.73. The van der Waals surface area contributed by atoms with E-state index < -0.39 is 0 Å². The molecule has 1 N–H and O–H groups in total. The molecule has 0 spiro atoms. The Morgan fingerprint density at radius 3 is 2.86 bits per heavy atom. The third-order valence-corrected chi connectivity index (χ3v) is 3.49. The maximum Gasteiger partial charge on any atom is 0.272 e. The summed E-state index contributed by atoms with van der Waals surface area (Å²) in [7, 11) is 0. The van der Waals surface area contributed by atoms with Gasteiger partial charge in [-0.2, -0.15) is 5.10 Å². The van der Waals surface area contributed by atoms with E-state index in [1.807, 2.05) is 30.2 Å². The molecule has 6 nitrogen and oxygen atoms in total. The molecule has 1 atom stereocenters. The van der Waals surface area contributed by atoms with Crippen molar-refractivity contribution < 1.29 is 4.79 Å². The molecule has 0 radical (unpaired) electrons. The molecule has 0 bridgehead atoms. The molecule has 8 heteroatoms. The Balaban J connectivity index is 0.00000121. The number of nitrogens with one attached hydrogen (secondary N) is 1. The summed E-state index contributed by atoms with van der Waals surface area (Å²) in [5, 5.41) is 7.44. The molecule has 22 heavy (non-hydrogen) atoms. The van der Waals surface area contributed by atoms with Crippen LogP contribution < -0.4 is 5.32 Å². The van der Waals surface area contributed by atoms with Gasteiger partial charge in [-0.25, -0.2) is 4.68 Å². The number of piperazine rings is 1. The smallest absolute Gasteiger partial charge is 0.272 e. The van der Waals surface area contributed by atoms with Gasteiger partial charge >= 0.3 is 0 Å². The highest BCUT2D eigenvalue weighted by molar-refractivity contribution is 5.93. The molecule has 3 rings (SSSR count). The molecular weight excluding hydrogens is 325 g/mol. The standard InChI is InChI=1S/C14H17N5O.2ClH/c1-11-10-15-6-8-18(11)14(20)13-9-12(3-5-16-13)19-7-2-4-17-19;;/h2-5,7,9,11,15H,6,8,10H2,1H3;2*1H/t11-;;/m0../s1. The second kappa shape index (κ2) is 8.12. The van der Waals surface area contributed by atoms with Crippen LogP contribution in [0.25, 0.3) is 5.69 Å². The van der Waals surface area contributed by atoms with E-state index >= 15 is 0 Å². The van der Waals surface area contributed by atoms with Gasteiger partial charge in [0.05, 0.1) is 5.69 Å². The lowest BCUT2D eigenvalue weighted by Crippen LogP contribution is -2.52. The first kappa shape index (κ1) is 18.4. The summed E-state index contributed by atoms with van der Waals surface area (Å²) in [5.41, 5.74) is 1.31. The molecule has 1 aliphatic heterocycles. The summed E-state index contributed by atoms with van der Waals surface area (Å²) in [6, 6.07) is 5.65. The number of carbonyl (C=O) groups is 1. The van der Waals surface area contributed by atoms with Gasteiger partial charge in [-0.05, 0) is 25.1 Å². The van der Waals surface area contributed by atoms with Crippen molar-refractivity contribution in [3.63, 3.8) is 0 Å². The number of nitrogens with zero attached hydrogens (tertiary/aromatic N) is 4. The molecule has 1 saturated heterocycles. The van der Waals surface area contributed by atoms with E-state index in [4.69, 9.17) is 0 Å². The molecule has 2 aromatic heterocycles. The van der Waals surface area contributed by atoms with Gasteiger partial charge in [0.25, 0.3) is 5.91 Å². The summed E-state index contributed by atoms with van der Waals surface area (Å²) in [4.78, 5) is 18.6. The number of carbonyl (C=O) groups excluding carboxylic acids is 1. The largest absolute Gasteiger partial charge is 0.332 e. The molecule has 1 aliphatic rings. The van der Waals surface area contributed by atoms with Crippen LogP contribution in [0.15, 0.2) is 36.8 Å². The van der Waals surface area contributed by atoms with Crippen LogP contribution in [-0.2, 0) is 0 Å². The van der Waals surface area contributed by atoms with Crippen LogP contribution in [0.5, 0.6) is 0 Å². The molecule has 0 aromatic carbocycles. The van der Waals surface area contributed by atoms with Crippen molar-refractivity contribution in [1.29, 1.82) is 0 Å². The number of pyridine rings is 1. The van der Waals surface area contributed by atoms with Crippen LogP contribution in [0.4, 0.5) is 0 Å². The molecule has 3 heterocycles. The van der Waals surface area contributed by atoms with Gasteiger partial charge in [-0.1, -0.05) is 0 Å². The van der Waals surface area contributed by atoms with E-state index in [1.165, 1.54) is 0 Å². The highest BCUT2D eigenvalue weighted by atomic mass is 35.5. The van der Waals surface area contributed by atoms with Crippen LogP contribution >= 0.6 is 24.8 Å². The maximum absolute atomic E-state index is 12.5. The fourth-order valence-electron chi connectivity index (χ4n) is 2.39. The van der Waals surface area contributed by atoms with Gasteiger partial charge in [-0.15, -0.1) is 24.8 Å². The molecule has 1 amide bonds. The van der Waals surface area contributed by atoms with Crippen LogP contribution in [0.1, 0.15) is 17.4 Å². The predicted octanol–water partition coefficient (Wildman–Crippen LogP) is 1.54. The summed E-state index contributed by atoms with van der Waals surface area (Å²) in [5.74, 6) is -0.0204. The Morgan fingerprint density at radius 2 is 2.18 bits per heavy atom. The molecular formula is C14H19Cl2N5O. The van der Waals surface area contributed by atoms with Crippen LogP contribution in [0, 0.1) is 0 Å². The summed E-state index contributed by atoms with van der Waals surface area (Å²) >= 11 is 0. The molecule has 0 aliphatic carbocycles. The fraction of sp³-hybridized carbons (Fsp3) is 0.357. The lowest BCUT2D eigenvalue weighted by atomic mass is 10.2. The van der Waals surface area contributed by atoms with Crippen molar-refractivity contribution in [2.75, 3.05) is 19.6 Å². The number of hydrogen-bond acceptors (Lipinski definition) is 4. The van der Waals surface area contributed by atoms with Gasteiger partial charge in [-0.3, -0.25) is 9.78 Å². The lowest BCUT2D eigenvalue weighted by Gasteiger charge is -2.33. The Bertz CT molecular complexity index is 605. The van der Waals surface area contributed by atoms with E-state index in [-0.39, 0.29) is 36.8 Å². The molecule has 2 aromatic rings. The number of hydrogen-bond donors (Lipinski definition) is 1. The van der Waals surface area contributed by atoms with E-state index in [2.05, 4.69) is 15.4 Å². The average Bonchev–Trinajstić information content (AvgIpc) is 3.01. The highest BCUT2D eigenvalue weighted by Gasteiger charge is 2.25. The minimum Gasteiger partial charge on any atom is -0.332 e. The van der Waals surface area contributed by atoms with Crippen LogP contribution in [-0.4, -0.2) is 51.2 Å². The number of aromatic nitrogens is 3. The first-order chi connectivity index (χ1) is 9.75. The highest BCUT2D eigenvalue weighted by Crippen LogP contribution is 2.12. The monoisotopic (exact) mass is 343 g/mol. The number of halogens is 2. The van der Waals surface area contributed by atoms with Gasteiger partial charge in [0.1, 0.15) is 5.69 Å². The molecule has 0 unspecified atom stereocenters. The third kappa shape index (κ3) is 3.76. The second-order valence-corrected chi connectivity index (χ2v) is 4.90. The summed E-state index contributed by atoms with van der Waals surface area (Å²) in [6.45, 7) is 4.41. The zero-order valence-electron chi connectivity index (χ0n) is 12.2. The van der Waals surface area contributed by atoms with Crippen LogP contribution in [0.2, 0.25) is 0 Å². The minimum atomic E-state index is -0.0204. The maximum atomic E-state index is 12.5. The van der Waals surface area contributed by atoms with E-state index in [0.717, 1.165) is 18.8 Å². The number of rotatable bonds is 2. The third-order valence-electron chi connectivity index (χ3n) is 3.49. The Hall–Kier alpha value is -1.63. The zero-order chi connectivity index (χ0) is 13.9. The molecule has 120 valence electrons. The van der Waals surface area contributed by atoms with Crippen molar-refractivity contribution in [2.45, 2.75) is 13.0 Å². The fourth-order valence-corrected chi connectivity index (χ4v) is 2.39. The average molecular weight is 344 g/mol. The molecule has 0 saturated carbocycles. The quantitative estimate of drug-likeness (QED) is 0.898. The SMILES string of the molecule is C[C@H]1CNCCN1C(=O)c1cc(-n2cccn2)ccn1.Cl.Cl. The van der Waals surface area contributed by atoms with Crippen molar-refractivity contribution in [1.82, 2.24) is 25.0 Å². The normalized spacial score (nSPS) is 17.3. The number of amides is 1. The van der Waals surface area contributed by atoms with Crippen molar-refractivity contribution in [3.8, 4) is 5.69 Å². The summed E-state index contributed by atoms with van der Waals surface area (Å²) in [6.07, 6.45) is 5.20. The van der Waals surface area contributed by atoms with Crippen molar-refractivity contribution >= 4 is 30.7 Å². The van der Waals surface area contributed by atoms with Gasteiger partial charge in [0.2, 0.25) is 0 Å². The topological polar surface area (TPSA) is 63.1 Å². The Morgan fingerprint density at radius 1 is 1.36 bits per heavy atom. The van der Waals surface area contributed by atoms with E-state index in [9.17, 15) is 4.79 Å². The Kier molecular flexibility index (Phi) is 6.80. The van der Waals surface area contributed by atoms with Gasteiger partial charge in [0.15, 0.2) is 0 Å². The van der Waals surface area contributed by atoms with Gasteiger partial charge < -0.3 is 10.2 Å². The van der Waals surface area contributed by atoms with E-state index in [1.54, 1.807) is 23.1 Å². The van der Waals surface area contributed by atoms with Crippen molar-refractivity contribution in [3.05, 3.63) is 42.5 Å². The van der Waals surface area contributed by atoms with Crippen molar-refractivity contribution in [2.24, 2.45) is 0 Å². The minimum absolute atomic E-state index is 0.